The minimum Gasteiger partial charge on any atom is -0.0462 e. The van der Waals surface area contributed by atoms with Crippen LogP contribution in [0.3, 0.4) is 0 Å². The summed E-state index contributed by atoms with van der Waals surface area (Å²) in [6, 6.07) is 0. The second-order valence-corrected chi connectivity index (χ2v) is 12.1. The molecular formula is C22H26. The summed E-state index contributed by atoms with van der Waals surface area (Å²) in [6.07, 6.45) is 10.3. The molecule has 0 amide bonds. The molecule has 0 aliphatic heterocycles. The molecule has 0 aromatic carbocycles. The van der Waals surface area contributed by atoms with Crippen molar-refractivity contribution in [2.24, 2.45) is 93.7 Å². The van der Waals surface area contributed by atoms with Gasteiger partial charge in [-0.05, 0) is 132 Å². The Bertz CT molecular complexity index is 554. The lowest BCUT2D eigenvalue weighted by atomic mass is 9.41. The lowest BCUT2D eigenvalue weighted by molar-refractivity contribution is -0.171. The Morgan fingerprint density at radius 2 is 0.591 bits per heavy atom. The summed E-state index contributed by atoms with van der Waals surface area (Å²) in [4.78, 5) is 0. The van der Waals surface area contributed by atoms with E-state index in [1.807, 2.05) is 0 Å². The molecule has 12 saturated carbocycles. The van der Waals surface area contributed by atoms with E-state index in [9.17, 15) is 0 Å². The van der Waals surface area contributed by atoms with Crippen molar-refractivity contribution < 1.29 is 0 Å². The van der Waals surface area contributed by atoms with E-state index in [4.69, 9.17) is 0 Å². The third-order valence-corrected chi connectivity index (χ3v) is 12.4. The molecule has 0 spiro atoms. The Morgan fingerprint density at radius 1 is 0.364 bits per heavy atom. The molecule has 12 aliphatic carbocycles. The van der Waals surface area contributed by atoms with Crippen molar-refractivity contribution >= 4 is 0 Å². The van der Waals surface area contributed by atoms with Gasteiger partial charge in [-0.15, -0.1) is 0 Å². The van der Waals surface area contributed by atoms with Crippen LogP contribution >= 0.6 is 0 Å². The van der Waals surface area contributed by atoms with Gasteiger partial charge in [0.1, 0.15) is 0 Å². The molecule has 12 aliphatic rings. The molecule has 0 radical (unpaired) electrons. The first kappa shape index (κ1) is 10.1. The van der Waals surface area contributed by atoms with Crippen LogP contribution in [0.4, 0.5) is 0 Å². The summed E-state index contributed by atoms with van der Waals surface area (Å²) in [5.74, 6) is 17.9. The highest BCUT2D eigenvalue weighted by Crippen LogP contribution is 3.00. The van der Waals surface area contributed by atoms with Crippen molar-refractivity contribution in [2.45, 2.75) is 38.5 Å². The minimum atomic E-state index is 0.978. The van der Waals surface area contributed by atoms with Crippen molar-refractivity contribution in [3.8, 4) is 0 Å². The van der Waals surface area contributed by atoms with Crippen LogP contribution in [0.5, 0.6) is 0 Å². The quantitative estimate of drug-likeness (QED) is 0.683. The van der Waals surface area contributed by atoms with Crippen LogP contribution in [-0.2, 0) is 0 Å². The van der Waals surface area contributed by atoms with E-state index in [1.165, 1.54) is 82.9 Å². The highest BCUT2D eigenvalue weighted by Gasteiger charge is 2.95. The predicted octanol–water partition coefficient (Wildman–Crippen LogP) is 4.06. The maximum Gasteiger partial charge on any atom is -0.0139 e. The normalized spacial score (nSPS) is 92.7. The van der Waals surface area contributed by atoms with E-state index in [0.29, 0.717) is 0 Å². The van der Waals surface area contributed by atoms with Crippen molar-refractivity contribution in [1.82, 2.24) is 0 Å². The second kappa shape index (κ2) is 2.33. The molecule has 0 heterocycles. The van der Waals surface area contributed by atoms with Crippen LogP contribution in [0.1, 0.15) is 38.5 Å². The summed E-state index contributed by atoms with van der Waals surface area (Å²) in [5.41, 5.74) is 1.96. The van der Waals surface area contributed by atoms with Gasteiger partial charge in [0.05, 0.1) is 0 Å². The Hall–Kier alpha value is 0. The fourth-order valence-corrected chi connectivity index (χ4v) is 12.6. The van der Waals surface area contributed by atoms with Crippen molar-refractivity contribution in [1.29, 1.82) is 0 Å². The largest absolute Gasteiger partial charge is 0.0462 e. The molecule has 0 saturated heterocycles. The molecular weight excluding hydrogens is 264 g/mol. The summed E-state index contributed by atoms with van der Waals surface area (Å²) >= 11 is 0. The zero-order valence-corrected chi connectivity index (χ0v) is 13.3. The van der Waals surface area contributed by atoms with Crippen LogP contribution in [0.25, 0.3) is 0 Å². The Kier molecular flexibility index (Phi) is 1.07. The molecule has 22 heavy (non-hydrogen) atoms. The van der Waals surface area contributed by atoms with Gasteiger partial charge < -0.3 is 0 Å². The third-order valence-electron chi connectivity index (χ3n) is 12.4. The highest BCUT2D eigenvalue weighted by molar-refractivity contribution is 5.43. The third kappa shape index (κ3) is 0.655. The maximum atomic E-state index is 1.72. The molecule has 0 aromatic rings. The molecule has 0 heteroatoms. The summed E-state index contributed by atoms with van der Waals surface area (Å²) < 4.78 is 0. The van der Waals surface area contributed by atoms with Gasteiger partial charge >= 0.3 is 0 Å². The maximum absolute atomic E-state index is 1.72. The number of hydrogen-bond acceptors (Lipinski definition) is 0. The Balaban J connectivity index is 1.33. The molecule has 12 atom stereocenters. The average Bonchev–Trinajstić information content (AvgIpc) is 3.26. The van der Waals surface area contributed by atoms with Gasteiger partial charge in [-0.1, -0.05) is 0 Å². The van der Waals surface area contributed by atoms with Crippen molar-refractivity contribution in [3.05, 3.63) is 0 Å². The topological polar surface area (TPSA) is 0 Å². The van der Waals surface area contributed by atoms with E-state index < -0.39 is 0 Å². The lowest BCUT2D eigenvalue weighted by Crippen LogP contribution is -2.60. The van der Waals surface area contributed by atoms with Gasteiger partial charge in [0.15, 0.2) is 0 Å². The van der Waals surface area contributed by atoms with Crippen LogP contribution in [0.2, 0.25) is 0 Å². The van der Waals surface area contributed by atoms with Crippen LogP contribution in [0.15, 0.2) is 0 Å². The van der Waals surface area contributed by atoms with E-state index in [1.54, 1.807) is 38.5 Å². The SMILES string of the molecule is C1[C@H]2C3[C@@H]4C[C@@H]4C(C45[C@H]6C[C@H]6C([C@@H]6C[C@@H]64)[C@@H]4C[C@@H]45)([C@@H]12)[C@H]1C[C@@H]31. The minimum absolute atomic E-state index is 0.978. The standard InChI is InChI=1S/C22H26/c1-7-13(1)21(14-2-8(14)19(7)9-3-15(9)21)22-16-4-10(16)20(11-5-17(11)22)12-6-18(12)22/h7-20H,1-6H2/t7-,8-,9-,10-,11-,12-,13+,14+,15+,16+,17+,18+,19?,20?,21?,22?/m1/s1. The first-order valence-corrected chi connectivity index (χ1v) is 10.9. The molecule has 114 valence electrons. The van der Waals surface area contributed by atoms with Gasteiger partial charge in [0.2, 0.25) is 0 Å². The zero-order chi connectivity index (χ0) is 13.3. The highest BCUT2D eigenvalue weighted by atomic mass is 15.0. The number of hydrogen-bond donors (Lipinski definition) is 0. The fourth-order valence-electron chi connectivity index (χ4n) is 12.6. The monoisotopic (exact) mass is 290 g/mol. The van der Waals surface area contributed by atoms with Crippen molar-refractivity contribution in [2.75, 3.05) is 0 Å². The molecule has 0 N–H and O–H groups in total. The van der Waals surface area contributed by atoms with Gasteiger partial charge in [-0.25, -0.2) is 0 Å². The zero-order valence-electron chi connectivity index (χ0n) is 13.3. The van der Waals surface area contributed by atoms with E-state index in [2.05, 4.69) is 0 Å². The second-order valence-electron chi connectivity index (χ2n) is 12.1. The average molecular weight is 290 g/mol. The molecule has 12 fully saturated rings. The molecule has 12 rings (SSSR count). The smallest absolute Gasteiger partial charge is 0.0139 e. The summed E-state index contributed by atoms with van der Waals surface area (Å²) in [5, 5.41) is 0. The van der Waals surface area contributed by atoms with Crippen LogP contribution < -0.4 is 0 Å². The fraction of sp³-hybridized carbons (Fsp3) is 1.00. The lowest BCUT2D eigenvalue weighted by Gasteiger charge is -2.63. The molecule has 0 nitrogen and oxygen atoms in total. The van der Waals surface area contributed by atoms with E-state index in [-0.39, 0.29) is 0 Å². The Morgan fingerprint density at radius 3 is 0.818 bits per heavy atom. The van der Waals surface area contributed by atoms with Gasteiger partial charge in [0.25, 0.3) is 0 Å². The first-order valence-electron chi connectivity index (χ1n) is 10.9. The summed E-state index contributed by atoms with van der Waals surface area (Å²) in [7, 11) is 0. The van der Waals surface area contributed by atoms with Crippen LogP contribution in [-0.4, -0.2) is 0 Å². The van der Waals surface area contributed by atoms with E-state index >= 15 is 0 Å². The summed E-state index contributed by atoms with van der Waals surface area (Å²) in [6.45, 7) is 0. The molecule has 4 bridgehead atoms. The van der Waals surface area contributed by atoms with Gasteiger partial charge in [0, 0.05) is 0 Å². The molecule has 0 aromatic heterocycles. The van der Waals surface area contributed by atoms with Crippen molar-refractivity contribution in [3.63, 3.8) is 0 Å². The number of rotatable bonds is 1. The Labute approximate surface area is 132 Å². The van der Waals surface area contributed by atoms with Crippen LogP contribution in [0, 0.1) is 93.7 Å². The first-order chi connectivity index (χ1) is 10.9. The van der Waals surface area contributed by atoms with Gasteiger partial charge in [-0.2, -0.15) is 0 Å². The van der Waals surface area contributed by atoms with E-state index in [0.717, 1.165) is 10.8 Å². The molecule has 0 unspecified atom stereocenters. The predicted molar refractivity (Wildman–Crippen MR) is 81.4 cm³/mol. The van der Waals surface area contributed by atoms with Gasteiger partial charge in [-0.3, -0.25) is 0 Å².